The molecule has 1 atom stereocenters. The molecular formula is C17H32N2O. The molecule has 3 fully saturated rings. The summed E-state index contributed by atoms with van der Waals surface area (Å²) in [5.41, 5.74) is 0.305. The molecule has 0 amide bonds. The number of nitrogens with zero attached hydrogens (tertiary/aromatic N) is 1. The van der Waals surface area contributed by atoms with E-state index >= 15 is 0 Å². The first-order valence-corrected chi connectivity index (χ1v) is 8.78. The van der Waals surface area contributed by atoms with E-state index in [4.69, 9.17) is 4.74 Å². The van der Waals surface area contributed by atoms with E-state index in [0.717, 1.165) is 18.6 Å². The quantitative estimate of drug-likeness (QED) is 0.857. The molecule has 2 heterocycles. The SMILES string of the molecule is CC(C)NCC1CCN(C2CCOC3(CCC3)C2)CC1. The molecule has 1 aliphatic carbocycles. The second kappa shape index (κ2) is 6.33. The molecule has 0 aromatic carbocycles. The van der Waals surface area contributed by atoms with E-state index in [1.54, 1.807) is 0 Å². The normalized spacial score (nSPS) is 31.6. The van der Waals surface area contributed by atoms with Crippen molar-refractivity contribution in [3.05, 3.63) is 0 Å². The van der Waals surface area contributed by atoms with Gasteiger partial charge in [-0.05, 0) is 70.5 Å². The number of hydrogen-bond acceptors (Lipinski definition) is 3. The average molecular weight is 280 g/mol. The summed E-state index contributed by atoms with van der Waals surface area (Å²) in [6.07, 6.45) is 9.35. The zero-order valence-corrected chi connectivity index (χ0v) is 13.4. The van der Waals surface area contributed by atoms with Crippen LogP contribution in [0.2, 0.25) is 0 Å². The van der Waals surface area contributed by atoms with E-state index in [1.165, 1.54) is 64.6 Å². The minimum Gasteiger partial charge on any atom is -0.375 e. The highest BCUT2D eigenvalue weighted by Crippen LogP contribution is 2.43. The van der Waals surface area contributed by atoms with Crippen LogP contribution in [0, 0.1) is 5.92 Å². The fraction of sp³-hybridized carbons (Fsp3) is 1.00. The van der Waals surface area contributed by atoms with Crippen molar-refractivity contribution in [2.75, 3.05) is 26.2 Å². The van der Waals surface area contributed by atoms with Crippen LogP contribution in [0.1, 0.15) is 58.8 Å². The summed E-state index contributed by atoms with van der Waals surface area (Å²) in [7, 11) is 0. The molecule has 2 saturated heterocycles. The van der Waals surface area contributed by atoms with Crippen LogP contribution in [0.3, 0.4) is 0 Å². The highest BCUT2D eigenvalue weighted by Gasteiger charge is 2.44. The van der Waals surface area contributed by atoms with Crippen molar-refractivity contribution in [1.29, 1.82) is 0 Å². The fourth-order valence-corrected chi connectivity index (χ4v) is 4.16. The highest BCUT2D eigenvalue weighted by molar-refractivity contribution is 4.97. The lowest BCUT2D eigenvalue weighted by Gasteiger charge is -2.50. The van der Waals surface area contributed by atoms with Crippen LogP contribution in [0.4, 0.5) is 0 Å². The molecule has 1 N–H and O–H groups in total. The van der Waals surface area contributed by atoms with Gasteiger partial charge >= 0.3 is 0 Å². The van der Waals surface area contributed by atoms with E-state index in [9.17, 15) is 0 Å². The van der Waals surface area contributed by atoms with Gasteiger partial charge in [0.05, 0.1) is 5.60 Å². The average Bonchev–Trinajstić information content (AvgIpc) is 2.44. The predicted octanol–water partition coefficient (Wildman–Crippen LogP) is 2.80. The van der Waals surface area contributed by atoms with Gasteiger partial charge in [-0.1, -0.05) is 13.8 Å². The zero-order valence-electron chi connectivity index (χ0n) is 13.4. The summed E-state index contributed by atoms with van der Waals surface area (Å²) in [6, 6.07) is 1.44. The minimum atomic E-state index is 0.305. The lowest BCUT2D eigenvalue weighted by molar-refractivity contribution is -0.150. The molecule has 1 saturated carbocycles. The standard InChI is InChI=1S/C17H32N2O/c1-14(2)18-13-15-4-9-19(10-5-15)16-6-11-20-17(12-16)7-3-8-17/h14-16,18H,3-13H2,1-2H3. The summed E-state index contributed by atoms with van der Waals surface area (Å²) < 4.78 is 6.07. The monoisotopic (exact) mass is 280 g/mol. The summed E-state index contributed by atoms with van der Waals surface area (Å²) in [4.78, 5) is 2.77. The number of ether oxygens (including phenoxy) is 1. The van der Waals surface area contributed by atoms with Crippen molar-refractivity contribution in [2.45, 2.75) is 76.5 Å². The van der Waals surface area contributed by atoms with Crippen LogP contribution in [0.5, 0.6) is 0 Å². The van der Waals surface area contributed by atoms with Crippen molar-refractivity contribution in [3.63, 3.8) is 0 Å². The molecule has 116 valence electrons. The molecule has 0 radical (unpaired) electrons. The lowest BCUT2D eigenvalue weighted by Crippen LogP contribution is -2.53. The molecule has 1 spiro atoms. The maximum absolute atomic E-state index is 6.07. The van der Waals surface area contributed by atoms with Crippen LogP contribution < -0.4 is 5.32 Å². The van der Waals surface area contributed by atoms with Crippen LogP contribution in [-0.2, 0) is 4.74 Å². The molecule has 20 heavy (non-hydrogen) atoms. The molecule has 2 aliphatic heterocycles. The van der Waals surface area contributed by atoms with Gasteiger partial charge in [0.25, 0.3) is 0 Å². The van der Waals surface area contributed by atoms with Gasteiger partial charge < -0.3 is 15.0 Å². The molecule has 0 aromatic heterocycles. The van der Waals surface area contributed by atoms with E-state index in [1.807, 2.05) is 0 Å². The third kappa shape index (κ3) is 3.37. The number of rotatable bonds is 4. The van der Waals surface area contributed by atoms with Crippen LogP contribution in [0.15, 0.2) is 0 Å². The van der Waals surface area contributed by atoms with E-state index in [0.29, 0.717) is 11.6 Å². The van der Waals surface area contributed by atoms with Gasteiger partial charge in [0.2, 0.25) is 0 Å². The Morgan fingerprint density at radius 2 is 1.95 bits per heavy atom. The Hall–Kier alpha value is -0.120. The molecular weight excluding hydrogens is 248 g/mol. The van der Waals surface area contributed by atoms with Gasteiger partial charge in [-0.3, -0.25) is 0 Å². The second-order valence-corrected chi connectivity index (χ2v) is 7.57. The third-order valence-electron chi connectivity index (χ3n) is 5.71. The van der Waals surface area contributed by atoms with E-state index < -0.39 is 0 Å². The van der Waals surface area contributed by atoms with Crippen molar-refractivity contribution in [2.24, 2.45) is 5.92 Å². The Morgan fingerprint density at radius 3 is 2.55 bits per heavy atom. The molecule has 0 aromatic rings. The summed E-state index contributed by atoms with van der Waals surface area (Å²) in [5, 5.41) is 3.60. The van der Waals surface area contributed by atoms with Crippen molar-refractivity contribution in [1.82, 2.24) is 10.2 Å². The first kappa shape index (κ1) is 14.8. The molecule has 1 unspecified atom stereocenters. The predicted molar refractivity (Wildman–Crippen MR) is 83.0 cm³/mol. The Bertz CT molecular complexity index is 306. The first-order valence-electron chi connectivity index (χ1n) is 8.78. The fourth-order valence-electron chi connectivity index (χ4n) is 4.16. The van der Waals surface area contributed by atoms with Crippen molar-refractivity contribution >= 4 is 0 Å². The van der Waals surface area contributed by atoms with E-state index in [-0.39, 0.29) is 0 Å². The zero-order chi connectivity index (χ0) is 14.0. The Kier molecular flexibility index (Phi) is 4.68. The van der Waals surface area contributed by atoms with Gasteiger partial charge in [0, 0.05) is 18.7 Å². The first-order chi connectivity index (χ1) is 9.67. The molecule has 0 bridgehead atoms. The maximum Gasteiger partial charge on any atom is 0.0697 e. The second-order valence-electron chi connectivity index (χ2n) is 7.57. The Morgan fingerprint density at radius 1 is 1.20 bits per heavy atom. The molecule has 3 rings (SSSR count). The minimum absolute atomic E-state index is 0.305. The van der Waals surface area contributed by atoms with Gasteiger partial charge in [0.1, 0.15) is 0 Å². The summed E-state index contributed by atoms with van der Waals surface area (Å²) >= 11 is 0. The van der Waals surface area contributed by atoms with Crippen LogP contribution >= 0.6 is 0 Å². The topological polar surface area (TPSA) is 24.5 Å². The van der Waals surface area contributed by atoms with Gasteiger partial charge in [0.15, 0.2) is 0 Å². The van der Waals surface area contributed by atoms with Crippen LogP contribution in [0.25, 0.3) is 0 Å². The molecule has 3 heteroatoms. The third-order valence-corrected chi connectivity index (χ3v) is 5.71. The summed E-state index contributed by atoms with van der Waals surface area (Å²) in [6.45, 7) is 9.32. The largest absolute Gasteiger partial charge is 0.375 e. The number of likely N-dealkylation sites (tertiary alicyclic amines) is 1. The Labute approximate surface area is 124 Å². The maximum atomic E-state index is 6.07. The van der Waals surface area contributed by atoms with Crippen LogP contribution in [-0.4, -0.2) is 48.8 Å². The van der Waals surface area contributed by atoms with Crippen molar-refractivity contribution < 1.29 is 4.74 Å². The van der Waals surface area contributed by atoms with Gasteiger partial charge in [-0.25, -0.2) is 0 Å². The lowest BCUT2D eigenvalue weighted by atomic mass is 9.73. The number of hydrogen-bond donors (Lipinski definition) is 1. The Balaban J connectivity index is 1.43. The summed E-state index contributed by atoms with van der Waals surface area (Å²) in [5.74, 6) is 0.895. The number of piperidine rings is 1. The number of nitrogens with one attached hydrogen (secondary N) is 1. The van der Waals surface area contributed by atoms with E-state index in [2.05, 4.69) is 24.1 Å². The highest BCUT2D eigenvalue weighted by atomic mass is 16.5. The molecule has 3 nitrogen and oxygen atoms in total. The van der Waals surface area contributed by atoms with Gasteiger partial charge in [-0.15, -0.1) is 0 Å². The van der Waals surface area contributed by atoms with Crippen molar-refractivity contribution in [3.8, 4) is 0 Å². The smallest absolute Gasteiger partial charge is 0.0697 e. The van der Waals surface area contributed by atoms with Gasteiger partial charge in [-0.2, -0.15) is 0 Å². The molecule has 3 aliphatic rings.